The van der Waals surface area contributed by atoms with Gasteiger partial charge in [-0.15, -0.1) is 11.8 Å². The molecule has 4 heteroatoms. The Morgan fingerprint density at radius 1 is 1.50 bits per heavy atom. The molecule has 0 spiro atoms. The highest BCUT2D eigenvalue weighted by Gasteiger charge is 2.12. The predicted molar refractivity (Wildman–Crippen MR) is 57.6 cm³/mol. The Balaban J connectivity index is 1.76. The average molecular weight is 210 g/mol. The van der Waals surface area contributed by atoms with Crippen molar-refractivity contribution in [3.05, 3.63) is 24.5 Å². The SMILES string of the molecule is c1cc(SCC2CNCCO2)ccn1. The summed E-state index contributed by atoms with van der Waals surface area (Å²) < 4.78 is 5.60. The number of hydrogen-bond donors (Lipinski definition) is 1. The van der Waals surface area contributed by atoms with E-state index in [0.29, 0.717) is 6.10 Å². The molecular weight excluding hydrogens is 196 g/mol. The van der Waals surface area contributed by atoms with E-state index in [4.69, 9.17) is 4.74 Å². The second-order valence-corrected chi connectivity index (χ2v) is 4.28. The van der Waals surface area contributed by atoms with Crippen molar-refractivity contribution < 1.29 is 4.74 Å². The molecule has 14 heavy (non-hydrogen) atoms. The minimum atomic E-state index is 0.349. The maximum Gasteiger partial charge on any atom is 0.0793 e. The van der Waals surface area contributed by atoms with Crippen molar-refractivity contribution in [2.45, 2.75) is 11.0 Å². The fraction of sp³-hybridized carbons (Fsp3) is 0.500. The third-order valence-corrected chi connectivity index (χ3v) is 3.23. The number of aromatic nitrogens is 1. The molecule has 0 saturated carbocycles. The van der Waals surface area contributed by atoms with Gasteiger partial charge in [0.05, 0.1) is 12.7 Å². The number of nitrogens with one attached hydrogen (secondary N) is 1. The smallest absolute Gasteiger partial charge is 0.0793 e. The monoisotopic (exact) mass is 210 g/mol. The second kappa shape index (κ2) is 5.34. The van der Waals surface area contributed by atoms with Crippen molar-refractivity contribution >= 4 is 11.8 Å². The summed E-state index contributed by atoms with van der Waals surface area (Å²) >= 11 is 1.82. The summed E-state index contributed by atoms with van der Waals surface area (Å²) in [6.45, 7) is 2.79. The van der Waals surface area contributed by atoms with Gasteiger partial charge >= 0.3 is 0 Å². The highest BCUT2D eigenvalue weighted by molar-refractivity contribution is 7.99. The summed E-state index contributed by atoms with van der Waals surface area (Å²) in [7, 11) is 0. The fourth-order valence-electron chi connectivity index (χ4n) is 1.35. The van der Waals surface area contributed by atoms with Gasteiger partial charge in [0.25, 0.3) is 0 Å². The van der Waals surface area contributed by atoms with E-state index in [1.807, 2.05) is 36.3 Å². The molecule has 1 atom stereocenters. The molecule has 1 aromatic rings. The van der Waals surface area contributed by atoms with Crippen molar-refractivity contribution in [1.82, 2.24) is 10.3 Å². The molecule has 1 fully saturated rings. The highest BCUT2D eigenvalue weighted by atomic mass is 32.2. The minimum Gasteiger partial charge on any atom is -0.375 e. The Morgan fingerprint density at radius 2 is 2.36 bits per heavy atom. The lowest BCUT2D eigenvalue weighted by Crippen LogP contribution is -2.39. The van der Waals surface area contributed by atoms with Crippen LogP contribution in [0.15, 0.2) is 29.4 Å². The molecule has 2 heterocycles. The van der Waals surface area contributed by atoms with E-state index in [-0.39, 0.29) is 0 Å². The van der Waals surface area contributed by atoms with Gasteiger partial charge in [-0.05, 0) is 12.1 Å². The molecule has 1 aliphatic rings. The number of nitrogens with zero attached hydrogens (tertiary/aromatic N) is 1. The normalized spacial score (nSPS) is 22.1. The van der Waals surface area contributed by atoms with Crippen LogP contribution in [0.25, 0.3) is 0 Å². The maximum absolute atomic E-state index is 5.60. The van der Waals surface area contributed by atoms with Crippen LogP contribution in [0.2, 0.25) is 0 Å². The molecule has 3 nitrogen and oxygen atoms in total. The first kappa shape index (κ1) is 9.96. The van der Waals surface area contributed by atoms with E-state index in [0.717, 1.165) is 25.4 Å². The van der Waals surface area contributed by atoms with Crippen molar-refractivity contribution in [2.75, 3.05) is 25.4 Å². The summed E-state index contributed by atoms with van der Waals surface area (Å²) in [5.74, 6) is 1.01. The van der Waals surface area contributed by atoms with Gasteiger partial charge in [-0.2, -0.15) is 0 Å². The van der Waals surface area contributed by atoms with Crippen molar-refractivity contribution in [3.63, 3.8) is 0 Å². The topological polar surface area (TPSA) is 34.1 Å². The summed E-state index contributed by atoms with van der Waals surface area (Å²) in [4.78, 5) is 5.24. The number of morpholine rings is 1. The molecule has 0 aromatic carbocycles. The molecule has 1 aliphatic heterocycles. The third-order valence-electron chi connectivity index (χ3n) is 2.09. The molecule has 0 radical (unpaired) electrons. The second-order valence-electron chi connectivity index (χ2n) is 3.19. The van der Waals surface area contributed by atoms with Crippen LogP contribution in [0.5, 0.6) is 0 Å². The van der Waals surface area contributed by atoms with Gasteiger partial charge < -0.3 is 10.1 Å². The first-order chi connectivity index (χ1) is 6.95. The zero-order chi connectivity index (χ0) is 9.64. The van der Waals surface area contributed by atoms with E-state index in [1.54, 1.807) is 0 Å². The molecule has 0 amide bonds. The van der Waals surface area contributed by atoms with Crippen LogP contribution in [0.4, 0.5) is 0 Å². The maximum atomic E-state index is 5.60. The molecule has 1 aromatic heterocycles. The number of ether oxygens (including phenoxy) is 1. The van der Waals surface area contributed by atoms with E-state index < -0.39 is 0 Å². The Kier molecular flexibility index (Phi) is 3.80. The average Bonchev–Trinajstić information content (AvgIpc) is 2.29. The molecule has 2 rings (SSSR count). The van der Waals surface area contributed by atoms with E-state index in [2.05, 4.69) is 10.3 Å². The summed E-state index contributed by atoms with van der Waals surface area (Å²) in [5.41, 5.74) is 0. The van der Waals surface area contributed by atoms with Gasteiger partial charge in [-0.1, -0.05) is 0 Å². The molecule has 1 N–H and O–H groups in total. The fourth-order valence-corrected chi connectivity index (χ4v) is 2.26. The zero-order valence-electron chi connectivity index (χ0n) is 7.98. The van der Waals surface area contributed by atoms with Crippen molar-refractivity contribution in [2.24, 2.45) is 0 Å². The quantitative estimate of drug-likeness (QED) is 0.759. The molecule has 0 aliphatic carbocycles. The number of thioether (sulfide) groups is 1. The highest BCUT2D eigenvalue weighted by Crippen LogP contribution is 2.18. The van der Waals surface area contributed by atoms with Crippen LogP contribution < -0.4 is 5.32 Å². The van der Waals surface area contributed by atoms with Crippen LogP contribution >= 0.6 is 11.8 Å². The van der Waals surface area contributed by atoms with Gasteiger partial charge in [-0.3, -0.25) is 4.98 Å². The largest absolute Gasteiger partial charge is 0.375 e. The van der Waals surface area contributed by atoms with E-state index in [9.17, 15) is 0 Å². The van der Waals surface area contributed by atoms with E-state index in [1.165, 1.54) is 4.90 Å². The van der Waals surface area contributed by atoms with Gasteiger partial charge in [-0.25, -0.2) is 0 Å². The van der Waals surface area contributed by atoms with Gasteiger partial charge in [0.1, 0.15) is 0 Å². The zero-order valence-corrected chi connectivity index (χ0v) is 8.80. The van der Waals surface area contributed by atoms with Crippen LogP contribution in [0.3, 0.4) is 0 Å². The lowest BCUT2D eigenvalue weighted by atomic mass is 10.3. The Morgan fingerprint density at radius 3 is 3.07 bits per heavy atom. The summed E-state index contributed by atoms with van der Waals surface area (Å²) in [6.07, 6.45) is 3.99. The molecule has 76 valence electrons. The number of pyridine rings is 1. The standard InChI is InChI=1S/C10H14N2OS/c1-3-11-4-2-10(1)14-8-9-7-12-5-6-13-9/h1-4,9,12H,5-8H2. The lowest BCUT2D eigenvalue weighted by Gasteiger charge is -2.23. The Hall–Kier alpha value is -0.580. The number of rotatable bonds is 3. The van der Waals surface area contributed by atoms with E-state index >= 15 is 0 Å². The molecular formula is C10H14N2OS. The van der Waals surface area contributed by atoms with Gasteiger partial charge in [0, 0.05) is 36.1 Å². The molecule has 1 saturated heterocycles. The van der Waals surface area contributed by atoms with Crippen LogP contribution in [0, 0.1) is 0 Å². The summed E-state index contributed by atoms with van der Waals surface area (Å²) in [6, 6.07) is 4.06. The first-order valence-electron chi connectivity index (χ1n) is 4.80. The van der Waals surface area contributed by atoms with Crippen LogP contribution in [-0.4, -0.2) is 36.5 Å². The molecule has 0 bridgehead atoms. The predicted octanol–water partition coefficient (Wildman–Crippen LogP) is 1.16. The van der Waals surface area contributed by atoms with Crippen molar-refractivity contribution in [3.8, 4) is 0 Å². The number of hydrogen-bond acceptors (Lipinski definition) is 4. The lowest BCUT2D eigenvalue weighted by molar-refractivity contribution is 0.0441. The van der Waals surface area contributed by atoms with Crippen LogP contribution in [0.1, 0.15) is 0 Å². The minimum absolute atomic E-state index is 0.349. The van der Waals surface area contributed by atoms with Crippen LogP contribution in [-0.2, 0) is 4.74 Å². The Labute approximate surface area is 88.3 Å². The summed E-state index contributed by atoms with van der Waals surface area (Å²) in [5, 5.41) is 3.32. The van der Waals surface area contributed by atoms with Crippen molar-refractivity contribution in [1.29, 1.82) is 0 Å². The first-order valence-corrected chi connectivity index (χ1v) is 5.79. The Bertz CT molecular complexity index is 262. The third kappa shape index (κ3) is 2.97. The van der Waals surface area contributed by atoms with Gasteiger partial charge in [0.2, 0.25) is 0 Å². The molecule has 1 unspecified atom stereocenters. The van der Waals surface area contributed by atoms with Gasteiger partial charge in [0.15, 0.2) is 0 Å².